The molecule has 0 fully saturated rings. The average molecular weight is 337 g/mol. The van der Waals surface area contributed by atoms with Crippen molar-refractivity contribution < 1.29 is 22.7 Å². The van der Waals surface area contributed by atoms with Crippen molar-refractivity contribution in [2.24, 2.45) is 0 Å². The summed E-state index contributed by atoms with van der Waals surface area (Å²) in [5, 5.41) is 15.3. The van der Waals surface area contributed by atoms with Gasteiger partial charge in [-0.05, 0) is 30.3 Å². The zero-order valence-electron chi connectivity index (χ0n) is 11.5. The van der Waals surface area contributed by atoms with Crippen LogP contribution in [0.15, 0.2) is 53.4 Å². The lowest BCUT2D eigenvalue weighted by Crippen LogP contribution is -2.19. The first-order valence-electron chi connectivity index (χ1n) is 6.16. The molecule has 0 saturated heterocycles. The Morgan fingerprint density at radius 2 is 1.65 bits per heavy atom. The van der Waals surface area contributed by atoms with E-state index in [-0.39, 0.29) is 16.3 Å². The van der Waals surface area contributed by atoms with E-state index in [9.17, 15) is 23.3 Å². The van der Waals surface area contributed by atoms with E-state index >= 15 is 0 Å². The summed E-state index contributed by atoms with van der Waals surface area (Å²) < 4.78 is 31.0. The van der Waals surface area contributed by atoms with Crippen LogP contribution in [-0.2, 0) is 10.1 Å². The molecular formula is C13H11N3O6S. The predicted molar refractivity (Wildman–Crippen MR) is 82.0 cm³/mol. The standard InChI is InChI=1S/C13H11N3O6S/c17-13(14-9-4-6-11(7-5-9)16(18)19)15-10-2-1-3-12(8-10)23(20,21)22/h1-8H,(H2,14,15,17)(H,20,21,22). The molecule has 0 aliphatic rings. The molecule has 0 saturated carbocycles. The molecule has 2 amide bonds. The van der Waals surface area contributed by atoms with Crippen molar-refractivity contribution in [2.75, 3.05) is 10.6 Å². The van der Waals surface area contributed by atoms with E-state index in [0.29, 0.717) is 5.69 Å². The molecule has 2 aromatic rings. The quantitative estimate of drug-likeness (QED) is 0.445. The fourth-order valence-electron chi connectivity index (χ4n) is 1.69. The first-order chi connectivity index (χ1) is 10.8. The Kier molecular flexibility index (Phi) is 4.57. The number of nitro groups is 1. The maximum absolute atomic E-state index is 11.8. The average Bonchev–Trinajstić information content (AvgIpc) is 2.47. The monoisotopic (exact) mass is 337 g/mol. The minimum Gasteiger partial charge on any atom is -0.308 e. The highest BCUT2D eigenvalue weighted by Crippen LogP contribution is 2.17. The van der Waals surface area contributed by atoms with Crippen molar-refractivity contribution >= 4 is 33.2 Å². The number of nitro benzene ring substituents is 1. The summed E-state index contributed by atoms with van der Waals surface area (Å²) in [5.41, 5.74) is 0.357. The number of amides is 2. The van der Waals surface area contributed by atoms with Crippen molar-refractivity contribution in [3.8, 4) is 0 Å². The molecule has 0 atom stereocenters. The summed E-state index contributed by atoms with van der Waals surface area (Å²) in [6, 6.07) is 9.54. The van der Waals surface area contributed by atoms with E-state index < -0.39 is 21.1 Å². The Balaban J connectivity index is 2.06. The first-order valence-corrected chi connectivity index (χ1v) is 7.60. The van der Waals surface area contributed by atoms with Gasteiger partial charge in [-0.15, -0.1) is 0 Å². The molecule has 0 aromatic heterocycles. The van der Waals surface area contributed by atoms with Crippen LogP contribution in [0.1, 0.15) is 0 Å². The fraction of sp³-hybridized carbons (Fsp3) is 0. The van der Waals surface area contributed by atoms with E-state index in [0.717, 1.165) is 6.07 Å². The molecule has 23 heavy (non-hydrogen) atoms. The minimum absolute atomic E-state index is 0.114. The van der Waals surface area contributed by atoms with Gasteiger partial charge in [-0.25, -0.2) is 4.79 Å². The first kappa shape index (κ1) is 16.4. The summed E-state index contributed by atoms with van der Waals surface area (Å²) in [7, 11) is -4.37. The number of hydrogen-bond acceptors (Lipinski definition) is 5. The third kappa shape index (κ3) is 4.49. The van der Waals surface area contributed by atoms with E-state index in [1.165, 1.54) is 42.5 Å². The van der Waals surface area contributed by atoms with Crippen LogP contribution in [0.5, 0.6) is 0 Å². The number of non-ortho nitro benzene ring substituents is 1. The molecule has 2 aromatic carbocycles. The molecule has 0 aliphatic carbocycles. The summed E-state index contributed by atoms with van der Waals surface area (Å²) >= 11 is 0. The lowest BCUT2D eigenvalue weighted by molar-refractivity contribution is -0.384. The van der Waals surface area contributed by atoms with Gasteiger partial charge in [-0.3, -0.25) is 14.7 Å². The molecule has 0 bridgehead atoms. The van der Waals surface area contributed by atoms with Gasteiger partial charge in [-0.2, -0.15) is 8.42 Å². The maximum Gasteiger partial charge on any atom is 0.323 e. The van der Waals surface area contributed by atoms with Gasteiger partial charge in [0.2, 0.25) is 0 Å². The van der Waals surface area contributed by atoms with Crippen LogP contribution in [0.3, 0.4) is 0 Å². The van der Waals surface area contributed by atoms with Gasteiger partial charge >= 0.3 is 6.03 Å². The minimum atomic E-state index is -4.37. The molecule has 0 spiro atoms. The number of urea groups is 1. The second-order valence-corrected chi connectivity index (χ2v) is 5.81. The molecule has 0 unspecified atom stereocenters. The molecule has 3 N–H and O–H groups in total. The van der Waals surface area contributed by atoms with Crippen LogP contribution in [0.25, 0.3) is 0 Å². The number of nitrogens with zero attached hydrogens (tertiary/aromatic N) is 1. The number of carbonyl (C=O) groups is 1. The normalized spacial score (nSPS) is 10.8. The number of nitrogens with one attached hydrogen (secondary N) is 2. The molecule has 120 valence electrons. The van der Waals surface area contributed by atoms with Crippen LogP contribution in [0, 0.1) is 10.1 Å². The number of benzene rings is 2. The van der Waals surface area contributed by atoms with Crippen LogP contribution < -0.4 is 10.6 Å². The van der Waals surface area contributed by atoms with Gasteiger partial charge in [0.25, 0.3) is 15.8 Å². The predicted octanol–water partition coefficient (Wildman–Crippen LogP) is 2.49. The third-order valence-electron chi connectivity index (χ3n) is 2.73. The van der Waals surface area contributed by atoms with E-state index in [4.69, 9.17) is 4.55 Å². The van der Waals surface area contributed by atoms with Crippen LogP contribution in [-0.4, -0.2) is 23.9 Å². The highest BCUT2D eigenvalue weighted by molar-refractivity contribution is 7.85. The number of hydrogen-bond donors (Lipinski definition) is 3. The highest BCUT2D eigenvalue weighted by Gasteiger charge is 2.11. The Morgan fingerprint density at radius 3 is 2.22 bits per heavy atom. The fourth-order valence-corrected chi connectivity index (χ4v) is 2.22. The lowest BCUT2D eigenvalue weighted by atomic mass is 10.3. The van der Waals surface area contributed by atoms with Crippen molar-refractivity contribution in [3.05, 3.63) is 58.6 Å². The topological polar surface area (TPSA) is 139 Å². The smallest absolute Gasteiger partial charge is 0.308 e. The molecule has 10 heteroatoms. The zero-order valence-corrected chi connectivity index (χ0v) is 12.3. The number of rotatable bonds is 4. The second-order valence-electron chi connectivity index (χ2n) is 4.39. The Hall–Kier alpha value is -2.98. The van der Waals surface area contributed by atoms with Gasteiger partial charge in [0.05, 0.1) is 9.82 Å². The Morgan fingerprint density at radius 1 is 1.04 bits per heavy atom. The lowest BCUT2D eigenvalue weighted by Gasteiger charge is -2.08. The second kappa shape index (κ2) is 6.42. The summed E-state index contributed by atoms with van der Waals surface area (Å²) in [4.78, 5) is 21.4. The van der Waals surface area contributed by atoms with Crippen molar-refractivity contribution in [2.45, 2.75) is 4.90 Å². The van der Waals surface area contributed by atoms with Gasteiger partial charge in [0.15, 0.2) is 0 Å². The van der Waals surface area contributed by atoms with E-state index in [1.807, 2.05) is 0 Å². The zero-order chi connectivity index (χ0) is 17.0. The summed E-state index contributed by atoms with van der Waals surface area (Å²) in [5.74, 6) is 0. The van der Waals surface area contributed by atoms with Crippen LogP contribution >= 0.6 is 0 Å². The molecule has 9 nitrogen and oxygen atoms in total. The van der Waals surface area contributed by atoms with E-state index in [1.54, 1.807) is 0 Å². The number of anilines is 2. The molecule has 0 radical (unpaired) electrons. The molecule has 2 rings (SSSR count). The Labute approximate surface area is 130 Å². The van der Waals surface area contributed by atoms with Crippen LogP contribution in [0.2, 0.25) is 0 Å². The van der Waals surface area contributed by atoms with Gasteiger partial charge in [0, 0.05) is 23.5 Å². The Bertz CT molecular complexity index is 848. The maximum atomic E-state index is 11.8. The van der Waals surface area contributed by atoms with Crippen molar-refractivity contribution in [1.29, 1.82) is 0 Å². The van der Waals surface area contributed by atoms with Crippen LogP contribution in [0.4, 0.5) is 21.9 Å². The third-order valence-corrected chi connectivity index (χ3v) is 3.58. The number of carbonyl (C=O) groups excluding carboxylic acids is 1. The summed E-state index contributed by atoms with van der Waals surface area (Å²) in [6.07, 6.45) is 0. The molecule has 0 heterocycles. The van der Waals surface area contributed by atoms with E-state index in [2.05, 4.69) is 10.6 Å². The molecule has 0 aliphatic heterocycles. The van der Waals surface area contributed by atoms with Gasteiger partial charge < -0.3 is 10.6 Å². The SMILES string of the molecule is O=C(Nc1ccc([N+](=O)[O-])cc1)Nc1cccc(S(=O)(=O)O)c1. The van der Waals surface area contributed by atoms with Gasteiger partial charge in [-0.1, -0.05) is 6.07 Å². The molecular weight excluding hydrogens is 326 g/mol. The van der Waals surface area contributed by atoms with Gasteiger partial charge in [0.1, 0.15) is 0 Å². The summed E-state index contributed by atoms with van der Waals surface area (Å²) in [6.45, 7) is 0. The highest BCUT2D eigenvalue weighted by atomic mass is 32.2. The van der Waals surface area contributed by atoms with Crippen molar-refractivity contribution in [3.63, 3.8) is 0 Å². The largest absolute Gasteiger partial charge is 0.323 e. The van der Waals surface area contributed by atoms with Crippen molar-refractivity contribution in [1.82, 2.24) is 0 Å².